The van der Waals surface area contributed by atoms with E-state index in [4.69, 9.17) is 0 Å². The van der Waals surface area contributed by atoms with E-state index in [9.17, 15) is 4.79 Å². The maximum absolute atomic E-state index is 11.0. The van der Waals surface area contributed by atoms with Crippen LogP contribution >= 0.6 is 0 Å². The zero-order valence-corrected chi connectivity index (χ0v) is 10.4. The van der Waals surface area contributed by atoms with Crippen LogP contribution in [0.15, 0.2) is 18.2 Å². The van der Waals surface area contributed by atoms with Gasteiger partial charge >= 0.3 is 0 Å². The molecule has 2 aromatic heterocycles. The molecule has 1 fully saturated rings. The zero-order chi connectivity index (χ0) is 12.5. The van der Waals surface area contributed by atoms with Gasteiger partial charge in [-0.15, -0.1) is 0 Å². The minimum atomic E-state index is 0.393. The van der Waals surface area contributed by atoms with Crippen LogP contribution in [0.3, 0.4) is 0 Å². The highest BCUT2D eigenvalue weighted by molar-refractivity contribution is 5.73. The van der Waals surface area contributed by atoms with Gasteiger partial charge in [-0.2, -0.15) is 5.10 Å². The maximum atomic E-state index is 11.0. The van der Waals surface area contributed by atoms with Gasteiger partial charge in [-0.25, -0.2) is 9.50 Å². The first kappa shape index (κ1) is 11.3. The largest absolute Gasteiger partial charge is 0.303 e. The number of hydrogen-bond acceptors (Lipinski definition) is 4. The van der Waals surface area contributed by atoms with E-state index in [0.717, 1.165) is 43.8 Å². The van der Waals surface area contributed by atoms with Crippen molar-refractivity contribution in [2.75, 3.05) is 19.6 Å². The third-order valence-electron chi connectivity index (χ3n) is 3.61. The lowest BCUT2D eigenvalue weighted by Gasteiger charge is -2.10. The maximum Gasteiger partial charge on any atom is 0.168 e. The fourth-order valence-corrected chi connectivity index (χ4v) is 2.53. The predicted octanol–water partition coefficient (Wildman–Crippen LogP) is 1.35. The molecule has 0 bridgehead atoms. The van der Waals surface area contributed by atoms with Crippen LogP contribution in [-0.2, 0) is 0 Å². The van der Waals surface area contributed by atoms with Gasteiger partial charge in [-0.3, -0.25) is 4.79 Å². The highest BCUT2D eigenvalue weighted by atomic mass is 16.1. The van der Waals surface area contributed by atoms with E-state index in [1.54, 1.807) is 10.6 Å². The van der Waals surface area contributed by atoms with E-state index < -0.39 is 0 Å². The van der Waals surface area contributed by atoms with Gasteiger partial charge in [0.15, 0.2) is 17.8 Å². The van der Waals surface area contributed by atoms with Crippen molar-refractivity contribution in [3.8, 4) is 0 Å². The zero-order valence-electron chi connectivity index (χ0n) is 10.4. The number of rotatable bonds is 3. The summed E-state index contributed by atoms with van der Waals surface area (Å²) in [5, 5.41) is 4.48. The predicted molar refractivity (Wildman–Crippen MR) is 67.8 cm³/mol. The number of likely N-dealkylation sites (tertiary alicyclic amines) is 1. The number of nitrogens with zero attached hydrogens (tertiary/aromatic N) is 4. The molecule has 1 unspecified atom stereocenters. The molecule has 0 amide bonds. The van der Waals surface area contributed by atoms with E-state index in [2.05, 4.69) is 21.9 Å². The van der Waals surface area contributed by atoms with Crippen molar-refractivity contribution in [2.45, 2.75) is 19.3 Å². The van der Waals surface area contributed by atoms with Gasteiger partial charge in [0.05, 0.1) is 0 Å². The van der Waals surface area contributed by atoms with Crippen LogP contribution in [0.2, 0.25) is 0 Å². The molecule has 3 heterocycles. The molecule has 5 heteroatoms. The Morgan fingerprint density at radius 1 is 1.50 bits per heavy atom. The van der Waals surface area contributed by atoms with Crippen molar-refractivity contribution in [2.24, 2.45) is 0 Å². The number of carbonyl (C=O) groups is 1. The average molecular weight is 244 g/mol. The lowest BCUT2D eigenvalue weighted by Crippen LogP contribution is -2.19. The Labute approximate surface area is 105 Å². The van der Waals surface area contributed by atoms with Crippen molar-refractivity contribution in [3.63, 3.8) is 0 Å². The molecule has 1 atom stereocenters. The molecular formula is C13H16N4O. The number of pyridine rings is 1. The summed E-state index contributed by atoms with van der Waals surface area (Å²) in [6.07, 6.45) is 1.92. The fraction of sp³-hybridized carbons (Fsp3) is 0.462. The Balaban J connectivity index is 1.96. The first-order valence-corrected chi connectivity index (χ1v) is 6.35. The van der Waals surface area contributed by atoms with Crippen LogP contribution in [-0.4, -0.2) is 45.4 Å². The van der Waals surface area contributed by atoms with E-state index >= 15 is 0 Å². The lowest BCUT2D eigenvalue weighted by molar-refractivity contribution is 0.111. The summed E-state index contributed by atoms with van der Waals surface area (Å²) in [6.45, 7) is 5.37. The first-order valence-electron chi connectivity index (χ1n) is 6.35. The molecule has 94 valence electrons. The minimum Gasteiger partial charge on any atom is -0.303 e. The summed E-state index contributed by atoms with van der Waals surface area (Å²) in [5.41, 5.74) is 1.31. The molecular weight excluding hydrogens is 228 g/mol. The van der Waals surface area contributed by atoms with Crippen molar-refractivity contribution < 1.29 is 4.79 Å². The second-order valence-corrected chi connectivity index (χ2v) is 4.69. The third kappa shape index (κ3) is 1.80. The van der Waals surface area contributed by atoms with Crippen molar-refractivity contribution in [3.05, 3.63) is 29.7 Å². The summed E-state index contributed by atoms with van der Waals surface area (Å²) in [5.74, 6) is 1.25. The smallest absolute Gasteiger partial charge is 0.168 e. The topological polar surface area (TPSA) is 50.5 Å². The van der Waals surface area contributed by atoms with E-state index in [0.29, 0.717) is 11.6 Å². The Morgan fingerprint density at radius 2 is 2.39 bits per heavy atom. The van der Waals surface area contributed by atoms with Gasteiger partial charge < -0.3 is 4.90 Å². The molecule has 0 N–H and O–H groups in total. The molecule has 1 saturated heterocycles. The molecule has 2 aromatic rings. The second kappa shape index (κ2) is 4.49. The van der Waals surface area contributed by atoms with Gasteiger partial charge in [0.25, 0.3) is 0 Å². The molecule has 0 radical (unpaired) electrons. The van der Waals surface area contributed by atoms with Crippen LogP contribution in [0.5, 0.6) is 0 Å². The monoisotopic (exact) mass is 244 g/mol. The van der Waals surface area contributed by atoms with Gasteiger partial charge in [0, 0.05) is 12.5 Å². The number of aromatic nitrogens is 3. The minimum absolute atomic E-state index is 0.393. The summed E-state index contributed by atoms with van der Waals surface area (Å²) in [4.78, 5) is 17.9. The molecule has 5 nitrogen and oxygen atoms in total. The number of fused-ring (bicyclic) bond motifs is 1. The Hall–Kier alpha value is -1.75. The molecule has 0 spiro atoms. The SMILES string of the molecule is CCN1CCC(c2nc3cccc(C=O)n3n2)C1. The van der Waals surface area contributed by atoms with Gasteiger partial charge in [0.1, 0.15) is 5.69 Å². The van der Waals surface area contributed by atoms with E-state index in [1.165, 1.54) is 0 Å². The van der Waals surface area contributed by atoms with Crippen LogP contribution in [0, 0.1) is 0 Å². The summed E-state index contributed by atoms with van der Waals surface area (Å²) < 4.78 is 1.64. The number of aldehydes is 1. The molecule has 0 saturated carbocycles. The molecule has 0 aliphatic carbocycles. The Morgan fingerprint density at radius 3 is 3.11 bits per heavy atom. The average Bonchev–Trinajstić information content (AvgIpc) is 3.03. The third-order valence-corrected chi connectivity index (χ3v) is 3.61. The number of carbonyl (C=O) groups excluding carboxylic acids is 1. The lowest BCUT2D eigenvalue weighted by atomic mass is 10.1. The van der Waals surface area contributed by atoms with Gasteiger partial charge in [0.2, 0.25) is 0 Å². The van der Waals surface area contributed by atoms with Crippen molar-refractivity contribution >= 4 is 11.9 Å². The molecule has 3 rings (SSSR count). The number of hydrogen-bond donors (Lipinski definition) is 0. The van der Waals surface area contributed by atoms with Crippen LogP contribution in [0.4, 0.5) is 0 Å². The van der Waals surface area contributed by atoms with E-state index in [1.807, 2.05) is 12.1 Å². The highest BCUT2D eigenvalue weighted by Crippen LogP contribution is 2.24. The number of likely N-dealkylation sites (N-methyl/N-ethyl adjacent to an activating group) is 1. The standard InChI is InChI=1S/C13H16N4O/c1-2-16-7-6-10(8-16)13-14-12-5-3-4-11(9-18)17(12)15-13/h3-5,9-10H,2,6-8H2,1H3. The molecule has 1 aliphatic rings. The van der Waals surface area contributed by atoms with Crippen LogP contribution in [0.25, 0.3) is 5.65 Å². The van der Waals surface area contributed by atoms with Crippen LogP contribution in [0.1, 0.15) is 35.6 Å². The van der Waals surface area contributed by atoms with Gasteiger partial charge in [-0.05, 0) is 31.6 Å². The summed E-state index contributed by atoms with van der Waals surface area (Å²) in [6, 6.07) is 5.48. The summed E-state index contributed by atoms with van der Waals surface area (Å²) >= 11 is 0. The second-order valence-electron chi connectivity index (χ2n) is 4.69. The molecule has 1 aliphatic heterocycles. The normalized spacial score (nSPS) is 20.6. The Kier molecular flexibility index (Phi) is 2.83. The van der Waals surface area contributed by atoms with Crippen molar-refractivity contribution in [1.29, 1.82) is 0 Å². The van der Waals surface area contributed by atoms with Crippen molar-refractivity contribution in [1.82, 2.24) is 19.5 Å². The highest BCUT2D eigenvalue weighted by Gasteiger charge is 2.26. The van der Waals surface area contributed by atoms with E-state index in [-0.39, 0.29) is 0 Å². The first-order chi connectivity index (χ1) is 8.81. The summed E-state index contributed by atoms with van der Waals surface area (Å²) in [7, 11) is 0. The molecule has 0 aromatic carbocycles. The van der Waals surface area contributed by atoms with Gasteiger partial charge in [-0.1, -0.05) is 13.0 Å². The fourth-order valence-electron chi connectivity index (χ4n) is 2.53. The molecule has 18 heavy (non-hydrogen) atoms. The quantitative estimate of drug-likeness (QED) is 0.765. The van der Waals surface area contributed by atoms with Crippen LogP contribution < -0.4 is 0 Å². The Bertz CT molecular complexity index is 577.